The lowest BCUT2D eigenvalue weighted by Gasteiger charge is -2.23. The molecule has 8 nitrogen and oxygen atoms in total. The second-order valence-corrected chi connectivity index (χ2v) is 7.07. The molecule has 9 heteroatoms. The van der Waals surface area contributed by atoms with Gasteiger partial charge in [0.25, 0.3) is 0 Å². The second kappa shape index (κ2) is 9.38. The lowest BCUT2D eigenvalue weighted by Crippen LogP contribution is -2.31. The number of ether oxygens (including phenoxy) is 1. The Labute approximate surface area is 180 Å². The van der Waals surface area contributed by atoms with Gasteiger partial charge in [-0.15, -0.1) is 0 Å². The first-order chi connectivity index (χ1) is 14.8. The lowest BCUT2D eigenvalue weighted by molar-refractivity contribution is 0.227. The van der Waals surface area contributed by atoms with E-state index in [9.17, 15) is 4.39 Å². The van der Waals surface area contributed by atoms with Gasteiger partial charge in [0, 0.05) is 53.5 Å². The smallest absolute Gasteiger partial charge is 0.166 e. The highest BCUT2D eigenvalue weighted by Gasteiger charge is 2.21. The highest BCUT2D eigenvalue weighted by Crippen LogP contribution is 2.31. The summed E-state index contributed by atoms with van der Waals surface area (Å²) in [6, 6.07) is 6.08. The van der Waals surface area contributed by atoms with Gasteiger partial charge in [0.05, 0.1) is 0 Å². The van der Waals surface area contributed by atoms with E-state index in [1.807, 2.05) is 6.92 Å². The maximum atomic E-state index is 14.1. The number of rotatable bonds is 3. The minimum absolute atomic E-state index is 0.0874. The van der Waals surface area contributed by atoms with Crippen LogP contribution in [0.1, 0.15) is 43.6 Å². The van der Waals surface area contributed by atoms with Crippen LogP contribution in [0, 0.1) is 16.6 Å². The number of fused-ring (bicyclic) bond motifs is 3. The molecule has 1 atom stereocenters. The summed E-state index contributed by atoms with van der Waals surface area (Å²) >= 11 is 0. The zero-order valence-corrected chi connectivity index (χ0v) is 17.7. The minimum Gasteiger partial charge on any atom is -0.482 e. The normalized spacial score (nSPS) is 19.9. The van der Waals surface area contributed by atoms with Gasteiger partial charge in [-0.1, -0.05) is 0 Å². The molecule has 1 unspecified atom stereocenters. The molecule has 0 radical (unpaired) electrons. The average molecular weight is 423 g/mol. The molecule has 0 fully saturated rings. The highest BCUT2D eigenvalue weighted by atomic mass is 19.1. The van der Waals surface area contributed by atoms with Gasteiger partial charge >= 0.3 is 0 Å². The molecule has 1 aromatic heterocycles. The van der Waals surface area contributed by atoms with Crippen molar-refractivity contribution < 1.29 is 9.13 Å². The Morgan fingerprint density at radius 2 is 2.23 bits per heavy atom. The molecule has 0 amide bonds. The van der Waals surface area contributed by atoms with Crippen molar-refractivity contribution in [1.29, 1.82) is 10.8 Å². The maximum Gasteiger partial charge on any atom is 0.166 e. The average Bonchev–Trinajstić information content (AvgIpc) is 2.73. The number of hydrogen-bond donors (Lipinski definition) is 5. The zero-order chi connectivity index (χ0) is 22.5. The molecule has 1 aliphatic heterocycles. The maximum absolute atomic E-state index is 14.1. The van der Waals surface area contributed by atoms with E-state index in [1.165, 1.54) is 18.3 Å². The molecular weight excluding hydrogens is 397 g/mol. The predicted octanol–water partition coefficient (Wildman–Crippen LogP) is 3.26. The first-order valence-corrected chi connectivity index (χ1v) is 9.91. The van der Waals surface area contributed by atoms with E-state index in [0.717, 1.165) is 0 Å². The van der Waals surface area contributed by atoms with E-state index in [-0.39, 0.29) is 18.2 Å². The van der Waals surface area contributed by atoms with Gasteiger partial charge in [-0.25, -0.2) is 14.4 Å². The van der Waals surface area contributed by atoms with Crippen molar-refractivity contribution in [1.82, 2.24) is 15.6 Å². The summed E-state index contributed by atoms with van der Waals surface area (Å²) in [6.45, 7) is 6.19. The Morgan fingerprint density at radius 3 is 2.90 bits per heavy atom. The standard InChI is InChI=1S/C22H26FN7O/c1-4-27-20-14-7-19(21(26)28-10-14)31-12(2)18-8-16(23)5-6-17(18)22(30-13(3)25)29-11-15(20)9-24/h5-10,12,24,27H,4,11H2,1-3H3,(H2,26,28)(H2,25,29,30)/b20-15+,24-9?. The SMILES string of the molecule is CCN/C1=C(\C=N)CN/C(=N\C(C)=N)c2ccc(F)cc2C(C)Oc2cc1cnc2N. The summed E-state index contributed by atoms with van der Waals surface area (Å²) in [5.41, 5.74) is 9.26. The van der Waals surface area contributed by atoms with E-state index in [0.29, 0.717) is 46.1 Å². The summed E-state index contributed by atoms with van der Waals surface area (Å²) < 4.78 is 20.2. The molecule has 0 spiro atoms. The topological polar surface area (TPSA) is 132 Å². The zero-order valence-electron chi connectivity index (χ0n) is 17.7. The molecular formula is C22H26FN7O. The summed E-state index contributed by atoms with van der Waals surface area (Å²) in [6.07, 6.45) is 2.29. The molecule has 2 bridgehead atoms. The van der Waals surface area contributed by atoms with Gasteiger partial charge in [-0.2, -0.15) is 0 Å². The summed E-state index contributed by atoms with van der Waals surface area (Å²) in [5, 5.41) is 22.3. The number of aromatic nitrogens is 1. The molecule has 0 saturated carbocycles. The molecule has 31 heavy (non-hydrogen) atoms. The van der Waals surface area contributed by atoms with Gasteiger partial charge in [-0.3, -0.25) is 5.41 Å². The molecule has 1 aliphatic rings. The van der Waals surface area contributed by atoms with Crippen molar-refractivity contribution in [3.05, 3.63) is 58.5 Å². The number of amidine groups is 2. The number of nitrogen functional groups attached to an aromatic ring is 1. The second-order valence-electron chi connectivity index (χ2n) is 7.07. The largest absolute Gasteiger partial charge is 0.482 e. The van der Waals surface area contributed by atoms with Crippen LogP contribution in [-0.4, -0.2) is 36.0 Å². The number of halogens is 1. The Balaban J connectivity index is 2.27. The molecule has 6 N–H and O–H groups in total. The fourth-order valence-corrected chi connectivity index (χ4v) is 3.36. The number of benzene rings is 1. The van der Waals surface area contributed by atoms with E-state index in [2.05, 4.69) is 20.6 Å². The minimum atomic E-state index is -0.573. The third kappa shape index (κ3) is 4.88. The van der Waals surface area contributed by atoms with Crippen LogP contribution in [0.25, 0.3) is 5.70 Å². The summed E-state index contributed by atoms with van der Waals surface area (Å²) in [4.78, 5) is 8.56. The van der Waals surface area contributed by atoms with Crippen LogP contribution in [0.2, 0.25) is 0 Å². The third-order valence-electron chi connectivity index (χ3n) is 4.76. The van der Waals surface area contributed by atoms with Gasteiger partial charge in [-0.05, 0) is 45.0 Å². The van der Waals surface area contributed by atoms with Crippen molar-refractivity contribution in [3.8, 4) is 5.75 Å². The molecule has 162 valence electrons. The van der Waals surface area contributed by atoms with Gasteiger partial charge in [0.1, 0.15) is 23.6 Å². The monoisotopic (exact) mass is 423 g/mol. The molecule has 2 aromatic rings. The van der Waals surface area contributed by atoms with E-state index in [1.54, 1.807) is 32.2 Å². The van der Waals surface area contributed by atoms with Crippen molar-refractivity contribution in [2.24, 2.45) is 4.99 Å². The van der Waals surface area contributed by atoms with Crippen molar-refractivity contribution in [3.63, 3.8) is 0 Å². The van der Waals surface area contributed by atoms with Crippen LogP contribution >= 0.6 is 0 Å². The van der Waals surface area contributed by atoms with Crippen LogP contribution in [-0.2, 0) is 0 Å². The Morgan fingerprint density at radius 1 is 1.45 bits per heavy atom. The fraction of sp³-hybridized carbons (Fsp3) is 0.273. The highest BCUT2D eigenvalue weighted by molar-refractivity contribution is 6.06. The summed E-state index contributed by atoms with van der Waals surface area (Å²) in [7, 11) is 0. The quantitative estimate of drug-likeness (QED) is 0.382. The number of hydrogen-bond acceptors (Lipinski definition) is 6. The molecule has 1 aromatic carbocycles. The van der Waals surface area contributed by atoms with Crippen LogP contribution < -0.4 is 21.1 Å². The number of aliphatic imine (C=N–C) groups is 1. The predicted molar refractivity (Wildman–Crippen MR) is 121 cm³/mol. The van der Waals surface area contributed by atoms with Crippen LogP contribution in [0.3, 0.4) is 0 Å². The van der Waals surface area contributed by atoms with Crippen LogP contribution in [0.5, 0.6) is 5.75 Å². The first-order valence-electron chi connectivity index (χ1n) is 9.91. The van der Waals surface area contributed by atoms with Crippen molar-refractivity contribution in [2.75, 3.05) is 18.8 Å². The Kier molecular flexibility index (Phi) is 6.64. The molecule has 3 rings (SSSR count). The number of nitrogens with zero attached hydrogens (tertiary/aromatic N) is 2. The van der Waals surface area contributed by atoms with Gasteiger partial charge in [0.15, 0.2) is 11.6 Å². The van der Waals surface area contributed by atoms with Crippen LogP contribution in [0.15, 0.2) is 41.0 Å². The van der Waals surface area contributed by atoms with E-state index >= 15 is 0 Å². The third-order valence-corrected chi connectivity index (χ3v) is 4.76. The van der Waals surface area contributed by atoms with Gasteiger partial charge < -0.3 is 26.5 Å². The van der Waals surface area contributed by atoms with Crippen molar-refractivity contribution in [2.45, 2.75) is 26.9 Å². The molecule has 2 heterocycles. The Hall–Kier alpha value is -3.75. The number of nitrogens with two attached hydrogens (primary N) is 1. The number of anilines is 1. The Bertz CT molecular complexity index is 1080. The summed E-state index contributed by atoms with van der Waals surface area (Å²) in [5.74, 6) is 0.630. The number of nitrogens with one attached hydrogen (secondary N) is 4. The first kappa shape index (κ1) is 21.9. The lowest BCUT2D eigenvalue weighted by atomic mass is 10.0. The van der Waals surface area contributed by atoms with E-state index < -0.39 is 11.9 Å². The van der Waals surface area contributed by atoms with E-state index in [4.69, 9.17) is 21.3 Å². The van der Waals surface area contributed by atoms with Crippen LogP contribution in [0.4, 0.5) is 10.2 Å². The molecule has 0 saturated heterocycles. The van der Waals surface area contributed by atoms with Gasteiger partial charge in [0.2, 0.25) is 0 Å². The molecule has 0 aliphatic carbocycles. The number of pyridine rings is 1. The van der Waals surface area contributed by atoms with Crippen molar-refractivity contribution >= 4 is 29.4 Å². The fourth-order valence-electron chi connectivity index (χ4n) is 3.36.